The highest BCUT2D eigenvalue weighted by Gasteiger charge is 2.32. The second-order valence-corrected chi connectivity index (χ2v) is 7.92. The SMILES string of the molecule is C[C@@H]1C[C@H](NC(=O)CCn2c(=O)oc3ccccc32)CC(C)(C)C1. The van der Waals surface area contributed by atoms with E-state index in [1.54, 1.807) is 6.07 Å². The maximum Gasteiger partial charge on any atom is 0.419 e. The van der Waals surface area contributed by atoms with E-state index < -0.39 is 5.76 Å². The molecule has 0 radical (unpaired) electrons. The van der Waals surface area contributed by atoms with E-state index in [1.165, 1.54) is 11.0 Å². The van der Waals surface area contributed by atoms with Gasteiger partial charge in [-0.15, -0.1) is 0 Å². The standard InChI is InChI=1S/C19H26N2O3/c1-13-10-14(12-19(2,3)11-13)20-17(22)8-9-21-15-6-4-5-7-16(15)24-18(21)23/h4-7,13-14H,8-12H2,1-3H3,(H,20,22)/t13-,14+/m1/s1. The Bertz CT molecular complexity index is 787. The van der Waals surface area contributed by atoms with Gasteiger partial charge < -0.3 is 9.73 Å². The molecule has 0 aliphatic heterocycles. The number of hydrogen-bond acceptors (Lipinski definition) is 3. The molecule has 0 unspecified atom stereocenters. The molecule has 24 heavy (non-hydrogen) atoms. The third-order valence-corrected chi connectivity index (χ3v) is 4.89. The maximum atomic E-state index is 12.3. The fourth-order valence-electron chi connectivity index (χ4n) is 4.19. The van der Waals surface area contributed by atoms with Crippen molar-refractivity contribution in [2.24, 2.45) is 11.3 Å². The van der Waals surface area contributed by atoms with Gasteiger partial charge in [0.1, 0.15) is 0 Å². The first-order valence-corrected chi connectivity index (χ1v) is 8.72. The van der Waals surface area contributed by atoms with Crippen molar-refractivity contribution < 1.29 is 9.21 Å². The molecule has 5 heteroatoms. The molecule has 130 valence electrons. The fourth-order valence-corrected chi connectivity index (χ4v) is 4.19. The Morgan fingerprint density at radius 3 is 2.83 bits per heavy atom. The number of oxazole rings is 1. The van der Waals surface area contributed by atoms with Gasteiger partial charge in [-0.05, 0) is 42.7 Å². The van der Waals surface area contributed by atoms with E-state index in [4.69, 9.17) is 4.42 Å². The van der Waals surface area contributed by atoms with E-state index in [2.05, 4.69) is 26.1 Å². The number of hydrogen-bond donors (Lipinski definition) is 1. The molecule has 3 rings (SSSR count). The van der Waals surface area contributed by atoms with Crippen molar-refractivity contribution in [3.63, 3.8) is 0 Å². The lowest BCUT2D eigenvalue weighted by Gasteiger charge is -2.39. The smallest absolute Gasteiger partial charge is 0.408 e. The zero-order valence-electron chi connectivity index (χ0n) is 14.7. The van der Waals surface area contributed by atoms with Gasteiger partial charge in [0.05, 0.1) is 5.52 Å². The summed E-state index contributed by atoms with van der Waals surface area (Å²) in [6.45, 7) is 7.11. The summed E-state index contributed by atoms with van der Waals surface area (Å²) >= 11 is 0. The molecule has 1 amide bonds. The molecule has 1 aromatic carbocycles. The van der Waals surface area contributed by atoms with Crippen LogP contribution in [0, 0.1) is 11.3 Å². The number of carbonyl (C=O) groups excluding carboxylic acids is 1. The first-order chi connectivity index (χ1) is 11.3. The van der Waals surface area contributed by atoms with Crippen molar-refractivity contribution in [1.29, 1.82) is 0 Å². The number of nitrogens with zero attached hydrogens (tertiary/aromatic N) is 1. The van der Waals surface area contributed by atoms with Gasteiger partial charge in [-0.2, -0.15) is 0 Å². The van der Waals surface area contributed by atoms with Gasteiger partial charge in [-0.1, -0.05) is 32.9 Å². The van der Waals surface area contributed by atoms with E-state index in [-0.39, 0.29) is 23.8 Å². The fraction of sp³-hybridized carbons (Fsp3) is 0.579. The highest BCUT2D eigenvalue weighted by atomic mass is 16.4. The molecule has 1 saturated carbocycles. The number of fused-ring (bicyclic) bond motifs is 1. The first kappa shape index (κ1) is 16.8. The molecule has 5 nitrogen and oxygen atoms in total. The lowest BCUT2D eigenvalue weighted by Crippen LogP contribution is -2.43. The zero-order chi connectivity index (χ0) is 17.3. The number of rotatable bonds is 4. The van der Waals surface area contributed by atoms with Crippen molar-refractivity contribution in [3.05, 3.63) is 34.8 Å². The molecule has 1 aliphatic carbocycles. The zero-order valence-corrected chi connectivity index (χ0v) is 14.7. The van der Waals surface area contributed by atoms with Gasteiger partial charge in [0.15, 0.2) is 5.58 Å². The van der Waals surface area contributed by atoms with Gasteiger partial charge in [0.25, 0.3) is 0 Å². The molecular weight excluding hydrogens is 304 g/mol. The number of benzene rings is 1. The van der Waals surface area contributed by atoms with Crippen molar-refractivity contribution in [1.82, 2.24) is 9.88 Å². The minimum Gasteiger partial charge on any atom is -0.408 e. The third-order valence-electron chi connectivity index (χ3n) is 4.89. The van der Waals surface area contributed by atoms with E-state index in [9.17, 15) is 9.59 Å². The van der Waals surface area contributed by atoms with Gasteiger partial charge in [0.2, 0.25) is 5.91 Å². The predicted molar refractivity (Wildman–Crippen MR) is 93.8 cm³/mol. The van der Waals surface area contributed by atoms with Crippen LogP contribution in [0.3, 0.4) is 0 Å². The van der Waals surface area contributed by atoms with Crippen LogP contribution in [-0.2, 0) is 11.3 Å². The van der Waals surface area contributed by atoms with Crippen molar-refractivity contribution in [3.8, 4) is 0 Å². The van der Waals surface area contributed by atoms with Gasteiger partial charge in [-0.3, -0.25) is 9.36 Å². The maximum absolute atomic E-state index is 12.3. The minimum atomic E-state index is -0.406. The average molecular weight is 330 g/mol. The largest absolute Gasteiger partial charge is 0.419 e. The van der Waals surface area contributed by atoms with E-state index >= 15 is 0 Å². The highest BCUT2D eigenvalue weighted by Crippen LogP contribution is 2.38. The molecule has 1 aromatic heterocycles. The summed E-state index contributed by atoms with van der Waals surface area (Å²) in [5.41, 5.74) is 1.57. The van der Waals surface area contributed by atoms with Crippen LogP contribution in [0.1, 0.15) is 46.5 Å². The van der Waals surface area contributed by atoms with E-state index in [0.29, 0.717) is 18.0 Å². The number of aromatic nitrogens is 1. The molecule has 1 aliphatic rings. The Balaban J connectivity index is 1.61. The molecule has 2 aromatic rings. The Morgan fingerprint density at radius 1 is 1.33 bits per heavy atom. The van der Waals surface area contributed by atoms with Crippen LogP contribution < -0.4 is 11.1 Å². The van der Waals surface area contributed by atoms with E-state index in [1.807, 2.05) is 18.2 Å². The summed E-state index contributed by atoms with van der Waals surface area (Å²) in [5, 5.41) is 3.15. The Labute approximate surface area is 142 Å². The van der Waals surface area contributed by atoms with Crippen LogP contribution >= 0.6 is 0 Å². The monoisotopic (exact) mass is 330 g/mol. The lowest BCUT2D eigenvalue weighted by molar-refractivity contribution is -0.122. The van der Waals surface area contributed by atoms with Crippen LogP contribution in [0.2, 0.25) is 0 Å². The minimum absolute atomic E-state index is 0.00193. The van der Waals surface area contributed by atoms with Crippen LogP contribution in [0.15, 0.2) is 33.5 Å². The molecule has 0 saturated heterocycles. The van der Waals surface area contributed by atoms with Crippen LogP contribution in [0.5, 0.6) is 0 Å². The molecule has 1 heterocycles. The Kier molecular flexibility index (Phi) is 4.52. The normalized spacial score (nSPS) is 23.3. The summed E-state index contributed by atoms with van der Waals surface area (Å²) in [5.74, 6) is 0.220. The number of carbonyl (C=O) groups is 1. The molecule has 0 spiro atoms. The lowest BCUT2D eigenvalue weighted by atomic mass is 9.70. The van der Waals surface area contributed by atoms with Gasteiger partial charge >= 0.3 is 5.76 Å². The summed E-state index contributed by atoms with van der Waals surface area (Å²) in [4.78, 5) is 24.2. The predicted octanol–water partition coefficient (Wildman–Crippen LogP) is 3.32. The van der Waals surface area contributed by atoms with Crippen molar-refractivity contribution in [2.45, 2.75) is 59.0 Å². The highest BCUT2D eigenvalue weighted by molar-refractivity contribution is 5.77. The second-order valence-electron chi connectivity index (χ2n) is 7.92. The summed E-state index contributed by atoms with van der Waals surface area (Å²) in [7, 11) is 0. The first-order valence-electron chi connectivity index (χ1n) is 8.72. The van der Waals surface area contributed by atoms with Crippen LogP contribution in [0.25, 0.3) is 11.1 Å². The average Bonchev–Trinajstić information content (AvgIpc) is 2.78. The van der Waals surface area contributed by atoms with Crippen molar-refractivity contribution >= 4 is 17.0 Å². The van der Waals surface area contributed by atoms with Crippen LogP contribution in [-0.4, -0.2) is 16.5 Å². The topological polar surface area (TPSA) is 64.2 Å². The second kappa shape index (κ2) is 6.46. The number of amides is 1. The Hall–Kier alpha value is -2.04. The van der Waals surface area contributed by atoms with Gasteiger partial charge in [-0.25, -0.2) is 4.79 Å². The van der Waals surface area contributed by atoms with Crippen molar-refractivity contribution in [2.75, 3.05) is 0 Å². The van der Waals surface area contributed by atoms with Crippen LogP contribution in [0.4, 0.5) is 0 Å². The Morgan fingerprint density at radius 2 is 2.08 bits per heavy atom. The molecule has 1 N–H and O–H groups in total. The number of para-hydroxylation sites is 2. The molecule has 0 bridgehead atoms. The third kappa shape index (κ3) is 3.71. The molecule has 2 atom stereocenters. The summed E-state index contributed by atoms with van der Waals surface area (Å²) in [6, 6.07) is 7.52. The molecular formula is C19H26N2O3. The van der Waals surface area contributed by atoms with Gasteiger partial charge in [0, 0.05) is 19.0 Å². The summed E-state index contributed by atoms with van der Waals surface area (Å²) < 4.78 is 6.73. The summed E-state index contributed by atoms with van der Waals surface area (Å²) in [6.07, 6.45) is 3.53. The quantitative estimate of drug-likeness (QED) is 0.935. The number of aryl methyl sites for hydroxylation is 1. The molecule has 1 fully saturated rings. The van der Waals surface area contributed by atoms with E-state index in [0.717, 1.165) is 18.4 Å². The number of nitrogens with one attached hydrogen (secondary N) is 1.